The summed E-state index contributed by atoms with van der Waals surface area (Å²) in [4.78, 5) is 0. The Kier molecular flexibility index (Phi) is 3.13. The van der Waals surface area contributed by atoms with Crippen LogP contribution < -0.4 is 5.46 Å². The SMILES string of the molecule is Cc1ccc(CC2OB(O)c3ccc(F)cc32)cc1. The lowest BCUT2D eigenvalue weighted by Crippen LogP contribution is -2.27. The van der Waals surface area contributed by atoms with Gasteiger partial charge in [-0.25, -0.2) is 4.39 Å². The first kappa shape index (κ1) is 12.4. The summed E-state index contributed by atoms with van der Waals surface area (Å²) in [5, 5.41) is 9.82. The van der Waals surface area contributed by atoms with Gasteiger partial charge in [-0.3, -0.25) is 0 Å². The number of rotatable bonds is 2. The minimum atomic E-state index is -0.953. The van der Waals surface area contributed by atoms with Crippen LogP contribution in [0.25, 0.3) is 0 Å². The predicted octanol–water partition coefficient (Wildman–Crippen LogP) is 2.14. The quantitative estimate of drug-likeness (QED) is 0.834. The van der Waals surface area contributed by atoms with Crippen molar-refractivity contribution in [3.05, 3.63) is 65.0 Å². The maximum atomic E-state index is 13.3. The normalized spacial score (nSPS) is 17.6. The van der Waals surface area contributed by atoms with E-state index < -0.39 is 7.12 Å². The van der Waals surface area contributed by atoms with Crippen LogP contribution in [0.3, 0.4) is 0 Å². The largest absolute Gasteiger partial charge is 0.491 e. The van der Waals surface area contributed by atoms with E-state index in [0.29, 0.717) is 11.9 Å². The molecule has 1 unspecified atom stereocenters. The van der Waals surface area contributed by atoms with Gasteiger partial charge < -0.3 is 9.68 Å². The number of aryl methyl sites for hydroxylation is 1. The summed E-state index contributed by atoms with van der Waals surface area (Å²) in [7, 11) is -0.953. The molecule has 0 saturated carbocycles. The Morgan fingerprint density at radius 2 is 1.95 bits per heavy atom. The molecular weight excluding hydrogens is 242 g/mol. The summed E-state index contributed by atoms with van der Waals surface area (Å²) in [5.41, 5.74) is 3.72. The summed E-state index contributed by atoms with van der Waals surface area (Å²) in [5.74, 6) is -0.301. The van der Waals surface area contributed by atoms with Crippen LogP contribution in [-0.4, -0.2) is 12.1 Å². The molecule has 1 heterocycles. The van der Waals surface area contributed by atoms with Gasteiger partial charge >= 0.3 is 7.12 Å². The third kappa shape index (κ3) is 2.42. The molecule has 19 heavy (non-hydrogen) atoms. The van der Waals surface area contributed by atoms with Crippen molar-refractivity contribution in [3.63, 3.8) is 0 Å². The van der Waals surface area contributed by atoms with Gasteiger partial charge in [-0.1, -0.05) is 35.9 Å². The summed E-state index contributed by atoms with van der Waals surface area (Å²) in [6.45, 7) is 2.03. The smallest absolute Gasteiger partial charge is 0.423 e. The second kappa shape index (κ2) is 4.80. The zero-order valence-corrected chi connectivity index (χ0v) is 10.6. The standard InChI is InChI=1S/C15H14BFO2/c1-10-2-4-11(5-3-10)8-15-13-9-12(17)6-7-14(13)16(18)19-15/h2-7,9,15,18H,8H2,1H3. The monoisotopic (exact) mass is 256 g/mol. The Balaban J connectivity index is 1.88. The summed E-state index contributed by atoms with van der Waals surface area (Å²) >= 11 is 0. The van der Waals surface area contributed by atoms with Crippen molar-refractivity contribution in [3.8, 4) is 0 Å². The summed E-state index contributed by atoms with van der Waals surface area (Å²) in [6, 6.07) is 12.5. The molecule has 0 aromatic heterocycles. The van der Waals surface area contributed by atoms with Gasteiger partial charge in [-0.15, -0.1) is 0 Å². The Labute approximate surface area is 112 Å². The molecule has 1 N–H and O–H groups in total. The second-order valence-corrected chi connectivity index (χ2v) is 4.94. The minimum absolute atomic E-state index is 0.289. The van der Waals surface area contributed by atoms with Gasteiger partial charge in [0, 0.05) is 6.42 Å². The van der Waals surface area contributed by atoms with Crippen molar-refractivity contribution in [2.45, 2.75) is 19.4 Å². The van der Waals surface area contributed by atoms with Gasteiger partial charge in [0.2, 0.25) is 0 Å². The molecule has 0 radical (unpaired) electrons. The molecule has 0 fully saturated rings. The fourth-order valence-corrected chi connectivity index (χ4v) is 2.45. The number of halogens is 1. The van der Waals surface area contributed by atoms with E-state index in [1.807, 2.05) is 31.2 Å². The fourth-order valence-electron chi connectivity index (χ4n) is 2.45. The molecule has 0 saturated heterocycles. The fraction of sp³-hybridized carbons (Fsp3) is 0.200. The average molecular weight is 256 g/mol. The molecule has 2 aromatic carbocycles. The van der Waals surface area contributed by atoms with E-state index in [2.05, 4.69) is 0 Å². The highest BCUT2D eigenvalue weighted by Crippen LogP contribution is 2.27. The van der Waals surface area contributed by atoms with Gasteiger partial charge in [0.05, 0.1) is 6.10 Å². The molecule has 0 spiro atoms. The molecule has 1 aliphatic heterocycles. The highest BCUT2D eigenvalue weighted by molar-refractivity contribution is 6.61. The summed E-state index contributed by atoms with van der Waals surface area (Å²) < 4.78 is 18.8. The van der Waals surface area contributed by atoms with E-state index >= 15 is 0 Å². The highest BCUT2D eigenvalue weighted by atomic mass is 19.1. The van der Waals surface area contributed by atoms with Gasteiger partial charge in [-0.2, -0.15) is 0 Å². The van der Waals surface area contributed by atoms with Crippen molar-refractivity contribution in [2.24, 2.45) is 0 Å². The molecule has 0 bridgehead atoms. The number of hydrogen-bond acceptors (Lipinski definition) is 2. The molecule has 0 amide bonds. The highest BCUT2D eigenvalue weighted by Gasteiger charge is 2.35. The van der Waals surface area contributed by atoms with E-state index in [1.54, 1.807) is 6.07 Å². The lowest BCUT2D eigenvalue weighted by atomic mass is 9.79. The zero-order valence-electron chi connectivity index (χ0n) is 10.6. The maximum Gasteiger partial charge on any atom is 0.491 e. The molecular formula is C15H14BFO2. The van der Waals surface area contributed by atoms with Gasteiger partial charge in [0.15, 0.2) is 0 Å². The Hall–Kier alpha value is -1.65. The molecule has 2 aromatic rings. The van der Waals surface area contributed by atoms with Gasteiger partial charge in [0.25, 0.3) is 0 Å². The molecule has 4 heteroatoms. The molecule has 1 atom stereocenters. The third-order valence-electron chi connectivity index (χ3n) is 3.50. The molecule has 96 valence electrons. The first-order valence-corrected chi connectivity index (χ1v) is 6.32. The Morgan fingerprint density at radius 1 is 1.21 bits per heavy atom. The summed E-state index contributed by atoms with van der Waals surface area (Å²) in [6.07, 6.45) is 0.344. The lowest BCUT2D eigenvalue weighted by Gasteiger charge is -2.12. The van der Waals surface area contributed by atoms with Crippen molar-refractivity contribution in [2.75, 3.05) is 0 Å². The van der Waals surface area contributed by atoms with E-state index in [9.17, 15) is 9.41 Å². The van der Waals surface area contributed by atoms with E-state index in [1.165, 1.54) is 17.7 Å². The van der Waals surface area contributed by atoms with Gasteiger partial charge in [-0.05, 0) is 35.6 Å². The van der Waals surface area contributed by atoms with E-state index in [-0.39, 0.29) is 11.9 Å². The van der Waals surface area contributed by atoms with Crippen LogP contribution >= 0.6 is 0 Å². The Bertz CT molecular complexity index is 598. The lowest BCUT2D eigenvalue weighted by molar-refractivity contribution is 0.190. The van der Waals surface area contributed by atoms with Crippen LogP contribution in [0, 0.1) is 12.7 Å². The van der Waals surface area contributed by atoms with Crippen molar-refractivity contribution in [1.82, 2.24) is 0 Å². The zero-order chi connectivity index (χ0) is 13.4. The predicted molar refractivity (Wildman–Crippen MR) is 72.7 cm³/mol. The molecule has 0 aliphatic carbocycles. The van der Waals surface area contributed by atoms with E-state index in [4.69, 9.17) is 4.65 Å². The second-order valence-electron chi connectivity index (χ2n) is 4.94. The van der Waals surface area contributed by atoms with Gasteiger partial charge in [0.1, 0.15) is 5.82 Å². The minimum Gasteiger partial charge on any atom is -0.423 e. The van der Waals surface area contributed by atoms with Crippen LogP contribution in [0.5, 0.6) is 0 Å². The van der Waals surface area contributed by atoms with Crippen LogP contribution in [0.2, 0.25) is 0 Å². The molecule has 1 aliphatic rings. The van der Waals surface area contributed by atoms with E-state index in [0.717, 1.165) is 11.1 Å². The van der Waals surface area contributed by atoms with Crippen molar-refractivity contribution < 1.29 is 14.1 Å². The number of fused-ring (bicyclic) bond motifs is 1. The Morgan fingerprint density at radius 3 is 2.68 bits per heavy atom. The number of benzene rings is 2. The number of hydrogen-bond donors (Lipinski definition) is 1. The molecule has 2 nitrogen and oxygen atoms in total. The molecule has 3 rings (SSSR count). The average Bonchev–Trinajstić information content (AvgIpc) is 2.69. The first-order valence-electron chi connectivity index (χ1n) is 6.32. The maximum absolute atomic E-state index is 13.3. The third-order valence-corrected chi connectivity index (χ3v) is 3.50. The van der Waals surface area contributed by atoms with Crippen LogP contribution in [0.15, 0.2) is 42.5 Å². The van der Waals surface area contributed by atoms with Crippen LogP contribution in [0.4, 0.5) is 4.39 Å². The van der Waals surface area contributed by atoms with Crippen molar-refractivity contribution in [1.29, 1.82) is 0 Å². The topological polar surface area (TPSA) is 29.5 Å². The van der Waals surface area contributed by atoms with Crippen molar-refractivity contribution >= 4 is 12.6 Å². The first-order chi connectivity index (χ1) is 9.13. The van der Waals surface area contributed by atoms with Crippen LogP contribution in [0.1, 0.15) is 22.8 Å². The van der Waals surface area contributed by atoms with Crippen LogP contribution in [-0.2, 0) is 11.1 Å².